The van der Waals surface area contributed by atoms with Crippen molar-refractivity contribution in [2.24, 2.45) is 0 Å². The maximum absolute atomic E-state index is 11.8. The first kappa shape index (κ1) is 25.1. The molecule has 4 aromatic carbocycles. The minimum Gasteiger partial charge on any atom is -0.470 e. The first-order chi connectivity index (χ1) is 19.1. The van der Waals surface area contributed by atoms with Gasteiger partial charge in [-0.05, 0) is 29.7 Å². The topological polar surface area (TPSA) is 64.8 Å². The highest BCUT2D eigenvalue weighted by atomic mass is 16.6. The molecule has 0 radical (unpaired) electrons. The van der Waals surface area contributed by atoms with Gasteiger partial charge in [0.15, 0.2) is 12.5 Å². The molecule has 2 atom stereocenters. The van der Waals surface area contributed by atoms with Gasteiger partial charge in [0.1, 0.15) is 11.4 Å². The summed E-state index contributed by atoms with van der Waals surface area (Å²) in [5.74, 6) is 0.636. The zero-order valence-corrected chi connectivity index (χ0v) is 22.0. The average molecular weight is 521 g/mol. The third-order valence-electron chi connectivity index (χ3n) is 7.81. The molecular weight excluding hydrogens is 488 g/mol. The van der Waals surface area contributed by atoms with E-state index in [1.54, 1.807) is 12.1 Å². The number of anilines is 1. The van der Waals surface area contributed by atoms with Gasteiger partial charge in [0, 0.05) is 29.8 Å². The Morgan fingerprint density at radius 2 is 1.51 bits per heavy atom. The summed E-state index contributed by atoms with van der Waals surface area (Å²) in [6.45, 7) is 2.21. The lowest BCUT2D eigenvalue weighted by atomic mass is 9.77. The van der Waals surface area contributed by atoms with Gasteiger partial charge in [0.25, 0.3) is 5.69 Å². The molecule has 0 bridgehead atoms. The van der Waals surface area contributed by atoms with Crippen LogP contribution in [0.25, 0.3) is 0 Å². The zero-order valence-electron chi connectivity index (χ0n) is 22.0. The maximum atomic E-state index is 11.8. The largest absolute Gasteiger partial charge is 0.470 e. The molecule has 6 heteroatoms. The van der Waals surface area contributed by atoms with Crippen molar-refractivity contribution in [3.8, 4) is 5.75 Å². The van der Waals surface area contributed by atoms with Crippen LogP contribution in [-0.4, -0.2) is 11.2 Å². The first-order valence-corrected chi connectivity index (χ1v) is 13.7. The van der Waals surface area contributed by atoms with Crippen molar-refractivity contribution in [3.05, 3.63) is 135 Å². The molecule has 0 fully saturated rings. The molecule has 0 N–H and O–H groups in total. The molecule has 6 nitrogen and oxygen atoms in total. The monoisotopic (exact) mass is 520 g/mol. The van der Waals surface area contributed by atoms with E-state index >= 15 is 0 Å². The second-order valence-corrected chi connectivity index (χ2v) is 10.2. The highest BCUT2D eigenvalue weighted by molar-refractivity contribution is 5.67. The Labute approximate surface area is 229 Å². The van der Waals surface area contributed by atoms with Crippen LogP contribution in [0.5, 0.6) is 5.75 Å². The van der Waals surface area contributed by atoms with E-state index in [4.69, 9.17) is 9.47 Å². The molecule has 4 aromatic rings. The van der Waals surface area contributed by atoms with Crippen LogP contribution in [-0.2, 0) is 10.3 Å². The van der Waals surface area contributed by atoms with Crippen LogP contribution in [0, 0.1) is 10.1 Å². The smallest absolute Gasteiger partial charge is 0.270 e. The van der Waals surface area contributed by atoms with Crippen molar-refractivity contribution in [2.45, 2.75) is 57.1 Å². The SMILES string of the molecule is CCCCCC[C@@H]1Oc2ccc([N+](=O)[O-])cc2[C@@H]2OC(c3ccccc3)(c3ccccc3)c3ccccc3N12. The predicted molar refractivity (Wildman–Crippen MR) is 152 cm³/mol. The molecule has 0 spiro atoms. The summed E-state index contributed by atoms with van der Waals surface area (Å²) in [4.78, 5) is 13.6. The fraction of sp³-hybridized carbons (Fsp3) is 0.273. The van der Waals surface area contributed by atoms with Gasteiger partial charge in [-0.2, -0.15) is 0 Å². The Bertz CT molecular complexity index is 1420. The Morgan fingerprint density at radius 1 is 0.846 bits per heavy atom. The quantitative estimate of drug-likeness (QED) is 0.133. The van der Waals surface area contributed by atoms with Gasteiger partial charge in [-0.15, -0.1) is 0 Å². The minimum atomic E-state index is -0.924. The van der Waals surface area contributed by atoms with E-state index in [0.717, 1.165) is 48.1 Å². The van der Waals surface area contributed by atoms with Gasteiger partial charge in [0.05, 0.1) is 10.5 Å². The van der Waals surface area contributed by atoms with Crippen LogP contribution in [0.2, 0.25) is 0 Å². The van der Waals surface area contributed by atoms with Crippen LogP contribution in [0.3, 0.4) is 0 Å². The summed E-state index contributed by atoms with van der Waals surface area (Å²) in [5, 5.41) is 11.8. The van der Waals surface area contributed by atoms with E-state index in [1.807, 2.05) is 48.5 Å². The van der Waals surface area contributed by atoms with Crippen molar-refractivity contribution in [3.63, 3.8) is 0 Å². The molecule has 0 saturated heterocycles. The molecule has 198 valence electrons. The second-order valence-electron chi connectivity index (χ2n) is 10.2. The van der Waals surface area contributed by atoms with E-state index in [-0.39, 0.29) is 16.8 Å². The summed E-state index contributed by atoms with van der Waals surface area (Å²) in [5.41, 5.74) is 3.80. The Kier molecular flexibility index (Phi) is 6.79. The number of fused-ring (bicyclic) bond motifs is 5. The van der Waals surface area contributed by atoms with Crippen LogP contribution in [0.1, 0.15) is 67.5 Å². The number of nitro groups is 1. The van der Waals surface area contributed by atoms with Gasteiger partial charge in [-0.3, -0.25) is 10.1 Å². The molecule has 39 heavy (non-hydrogen) atoms. The number of para-hydroxylation sites is 1. The molecule has 0 saturated carbocycles. The van der Waals surface area contributed by atoms with Gasteiger partial charge >= 0.3 is 0 Å². The van der Waals surface area contributed by atoms with Crippen LogP contribution < -0.4 is 9.64 Å². The Balaban J connectivity index is 1.59. The summed E-state index contributed by atoms with van der Waals surface area (Å²) in [6.07, 6.45) is 4.47. The molecule has 2 aliphatic heterocycles. The summed E-state index contributed by atoms with van der Waals surface area (Å²) < 4.78 is 13.9. The molecule has 0 amide bonds. The average Bonchev–Trinajstić information content (AvgIpc) is 2.99. The molecular formula is C33H32N2O4. The van der Waals surface area contributed by atoms with Crippen molar-refractivity contribution in [2.75, 3.05) is 4.90 Å². The number of ether oxygens (including phenoxy) is 2. The summed E-state index contributed by atoms with van der Waals surface area (Å²) in [6, 6.07) is 33.7. The number of hydrogen-bond donors (Lipinski definition) is 0. The summed E-state index contributed by atoms with van der Waals surface area (Å²) >= 11 is 0. The molecule has 0 unspecified atom stereocenters. The molecule has 0 aromatic heterocycles. The second kappa shape index (κ2) is 10.5. The number of hydrogen-bond acceptors (Lipinski definition) is 5. The van der Waals surface area contributed by atoms with Crippen molar-refractivity contribution >= 4 is 11.4 Å². The Hall–Kier alpha value is -4.16. The number of nitrogens with zero attached hydrogens (tertiary/aromatic N) is 2. The van der Waals surface area contributed by atoms with Crippen molar-refractivity contribution in [1.82, 2.24) is 0 Å². The third kappa shape index (κ3) is 4.35. The van der Waals surface area contributed by atoms with Gasteiger partial charge in [-0.1, -0.05) is 105 Å². The third-order valence-corrected chi connectivity index (χ3v) is 7.81. The number of nitro benzene ring substituents is 1. The van der Waals surface area contributed by atoms with Gasteiger partial charge in [-0.25, -0.2) is 0 Å². The van der Waals surface area contributed by atoms with Gasteiger partial charge in [0.2, 0.25) is 0 Å². The highest BCUT2D eigenvalue weighted by Gasteiger charge is 2.51. The zero-order chi connectivity index (χ0) is 26.8. The molecule has 6 rings (SSSR count). The normalized spacial score (nSPS) is 18.8. The lowest BCUT2D eigenvalue weighted by molar-refractivity contribution is -0.385. The fourth-order valence-corrected chi connectivity index (χ4v) is 5.99. The molecule has 0 aliphatic carbocycles. The van der Waals surface area contributed by atoms with Crippen molar-refractivity contribution in [1.29, 1.82) is 0 Å². The van der Waals surface area contributed by atoms with Gasteiger partial charge < -0.3 is 14.4 Å². The first-order valence-electron chi connectivity index (χ1n) is 13.7. The standard InChI is InChI=1S/C33H32N2O4/c1-2-3-4-11-20-31-34-29-19-13-12-18-28(29)33(24-14-7-5-8-15-24,25-16-9-6-10-17-25)39-32(34)27-23-26(35(36)37)21-22-30(27)38-31/h5-10,12-19,21-23,31-32H,2-4,11,20H2,1H3/t31-,32-/m0/s1. The molecule has 2 heterocycles. The van der Waals surface area contributed by atoms with Crippen molar-refractivity contribution < 1.29 is 14.4 Å². The van der Waals surface area contributed by atoms with Crippen LogP contribution in [0.4, 0.5) is 11.4 Å². The maximum Gasteiger partial charge on any atom is 0.270 e. The lowest BCUT2D eigenvalue weighted by Gasteiger charge is -2.53. The van der Waals surface area contributed by atoms with Crippen LogP contribution >= 0.6 is 0 Å². The number of unbranched alkanes of at least 4 members (excludes halogenated alkanes) is 3. The van der Waals surface area contributed by atoms with E-state index < -0.39 is 11.8 Å². The highest BCUT2D eigenvalue weighted by Crippen LogP contribution is 2.56. The number of non-ortho nitro benzene ring substituents is 1. The Morgan fingerprint density at radius 3 is 2.18 bits per heavy atom. The predicted octanol–water partition coefficient (Wildman–Crippen LogP) is 8.11. The lowest BCUT2D eigenvalue weighted by Crippen LogP contribution is -2.54. The van der Waals surface area contributed by atoms with E-state index in [1.165, 1.54) is 12.5 Å². The van der Waals surface area contributed by atoms with Crippen LogP contribution in [0.15, 0.2) is 103 Å². The van der Waals surface area contributed by atoms with E-state index in [9.17, 15) is 10.1 Å². The number of rotatable bonds is 8. The summed E-state index contributed by atoms with van der Waals surface area (Å²) in [7, 11) is 0. The van der Waals surface area contributed by atoms with E-state index in [0.29, 0.717) is 11.3 Å². The van der Waals surface area contributed by atoms with E-state index in [2.05, 4.69) is 48.2 Å². The minimum absolute atomic E-state index is 0.0196. The molecule has 2 aliphatic rings. The number of benzene rings is 4. The fourth-order valence-electron chi connectivity index (χ4n) is 5.99.